The number of aryl methyl sites for hydroxylation is 1. The van der Waals surface area contributed by atoms with Crippen molar-refractivity contribution in [3.05, 3.63) is 52.8 Å². The van der Waals surface area contributed by atoms with Crippen LogP contribution in [0.15, 0.2) is 30.5 Å². The number of nitrogens with one attached hydrogen (secondary N) is 1. The molecule has 4 rings (SSSR count). The minimum atomic E-state index is -4.40. The van der Waals surface area contributed by atoms with Gasteiger partial charge in [0.2, 0.25) is 0 Å². The van der Waals surface area contributed by atoms with E-state index in [-0.39, 0.29) is 11.7 Å². The van der Waals surface area contributed by atoms with Crippen LogP contribution in [0.1, 0.15) is 35.3 Å². The summed E-state index contributed by atoms with van der Waals surface area (Å²) in [5.41, 5.74) is 0.796. The van der Waals surface area contributed by atoms with Gasteiger partial charge in [0.1, 0.15) is 5.82 Å². The van der Waals surface area contributed by atoms with Crippen LogP contribution in [0.3, 0.4) is 0 Å². The summed E-state index contributed by atoms with van der Waals surface area (Å²) in [4.78, 5) is 6.40. The molecule has 1 aliphatic heterocycles. The highest BCUT2D eigenvalue weighted by Gasteiger charge is 2.33. The van der Waals surface area contributed by atoms with Crippen LogP contribution in [0, 0.1) is 13.8 Å². The maximum Gasteiger partial charge on any atom is 0.416 e. The van der Waals surface area contributed by atoms with Crippen LogP contribution in [0.25, 0.3) is 10.8 Å². The third kappa shape index (κ3) is 3.65. The lowest BCUT2D eigenvalue weighted by molar-refractivity contribution is -0.138. The quantitative estimate of drug-likeness (QED) is 0.668. The van der Waals surface area contributed by atoms with Crippen molar-refractivity contribution < 1.29 is 18.3 Å². The highest BCUT2D eigenvalue weighted by molar-refractivity contribution is 5.94. The third-order valence-corrected chi connectivity index (χ3v) is 5.52. The first-order valence-corrected chi connectivity index (χ1v) is 9.64. The van der Waals surface area contributed by atoms with Crippen LogP contribution in [0.2, 0.25) is 0 Å². The van der Waals surface area contributed by atoms with Crippen LogP contribution in [-0.2, 0) is 6.18 Å². The summed E-state index contributed by atoms with van der Waals surface area (Å²) in [6.45, 7) is 6.13. The van der Waals surface area contributed by atoms with Crippen molar-refractivity contribution in [2.45, 2.75) is 39.1 Å². The topological polar surface area (TPSA) is 74.2 Å². The average molecular weight is 417 g/mol. The van der Waals surface area contributed by atoms with Gasteiger partial charge in [-0.2, -0.15) is 18.3 Å². The molecular weight excluding hydrogens is 395 g/mol. The van der Waals surface area contributed by atoms with E-state index < -0.39 is 17.8 Å². The second-order valence-electron chi connectivity index (χ2n) is 7.66. The molecule has 0 bridgehead atoms. The van der Waals surface area contributed by atoms with Crippen molar-refractivity contribution >= 4 is 22.4 Å². The molecule has 1 saturated heterocycles. The fourth-order valence-corrected chi connectivity index (χ4v) is 3.80. The van der Waals surface area contributed by atoms with Crippen LogP contribution in [0.5, 0.6) is 0 Å². The van der Waals surface area contributed by atoms with E-state index in [2.05, 4.69) is 20.5 Å². The number of β-amino-alcohol motifs (C(OH)–C–C–N with tert-alkyl or cyclic N) is 1. The van der Waals surface area contributed by atoms with Crippen molar-refractivity contribution in [3.8, 4) is 0 Å². The van der Waals surface area contributed by atoms with Crippen LogP contribution in [-0.4, -0.2) is 39.5 Å². The number of pyridine rings is 1. The molecule has 0 saturated carbocycles. The van der Waals surface area contributed by atoms with Gasteiger partial charge in [-0.1, -0.05) is 12.1 Å². The summed E-state index contributed by atoms with van der Waals surface area (Å²) >= 11 is 0. The van der Waals surface area contributed by atoms with Crippen molar-refractivity contribution in [1.29, 1.82) is 0 Å². The molecule has 1 fully saturated rings. The molecule has 0 aliphatic carbocycles. The van der Waals surface area contributed by atoms with E-state index in [1.807, 2.05) is 17.9 Å². The first-order valence-electron chi connectivity index (χ1n) is 9.64. The van der Waals surface area contributed by atoms with Crippen LogP contribution in [0.4, 0.5) is 24.8 Å². The molecule has 0 unspecified atom stereocenters. The van der Waals surface area contributed by atoms with Gasteiger partial charge in [0, 0.05) is 30.1 Å². The van der Waals surface area contributed by atoms with Crippen molar-refractivity contribution in [2.75, 3.05) is 23.3 Å². The predicted octanol–water partition coefficient (Wildman–Crippen LogP) is 4.01. The molecule has 1 aromatic carbocycles. The van der Waals surface area contributed by atoms with E-state index in [4.69, 9.17) is 0 Å². The van der Waals surface area contributed by atoms with E-state index in [9.17, 15) is 18.3 Å². The van der Waals surface area contributed by atoms with E-state index in [0.29, 0.717) is 36.0 Å². The molecular formula is C21H22F3N5O. The molecule has 3 heterocycles. The predicted molar refractivity (Wildman–Crippen MR) is 109 cm³/mol. The maximum absolute atomic E-state index is 13.3. The number of aliphatic hydroxyl groups excluding tert-OH is 1. The van der Waals surface area contributed by atoms with Gasteiger partial charge in [-0.15, -0.1) is 5.10 Å². The fraction of sp³-hybridized carbons (Fsp3) is 0.381. The molecule has 0 spiro atoms. The highest BCUT2D eigenvalue weighted by Crippen LogP contribution is 2.36. The standard InChI is InChI=1S/C21H22F3N5O/c1-11-15(5-4-6-18(11)21(22,23)24)12(2)26-20-16-7-19(29-9-14(30)10-29)25-8-17(16)13(3)27-28-20/h4-8,12,14,30H,9-10H2,1-3H3,(H,26,28)/t12-/m1/s1. The number of aromatic nitrogens is 3. The Morgan fingerprint density at radius 2 is 1.90 bits per heavy atom. The zero-order chi connectivity index (χ0) is 21.6. The molecule has 30 heavy (non-hydrogen) atoms. The highest BCUT2D eigenvalue weighted by atomic mass is 19.4. The molecule has 1 aliphatic rings. The zero-order valence-corrected chi connectivity index (χ0v) is 16.8. The van der Waals surface area contributed by atoms with Gasteiger partial charge in [0.25, 0.3) is 0 Å². The largest absolute Gasteiger partial charge is 0.416 e. The summed E-state index contributed by atoms with van der Waals surface area (Å²) in [5.74, 6) is 1.19. The fourth-order valence-electron chi connectivity index (χ4n) is 3.80. The smallest absolute Gasteiger partial charge is 0.389 e. The maximum atomic E-state index is 13.3. The minimum Gasteiger partial charge on any atom is -0.389 e. The van der Waals surface area contributed by atoms with Gasteiger partial charge in [-0.05, 0) is 44.0 Å². The van der Waals surface area contributed by atoms with Crippen molar-refractivity contribution in [3.63, 3.8) is 0 Å². The molecule has 158 valence electrons. The molecule has 2 aromatic heterocycles. The monoisotopic (exact) mass is 417 g/mol. The Morgan fingerprint density at radius 3 is 2.57 bits per heavy atom. The van der Waals surface area contributed by atoms with Crippen LogP contribution >= 0.6 is 0 Å². The summed E-state index contributed by atoms with van der Waals surface area (Å²) in [5, 5.41) is 22.8. The first kappa shape index (κ1) is 20.3. The third-order valence-electron chi connectivity index (χ3n) is 5.52. The number of fused-ring (bicyclic) bond motifs is 1. The lowest BCUT2D eigenvalue weighted by atomic mass is 9.97. The number of alkyl halides is 3. The minimum absolute atomic E-state index is 0.186. The normalized spacial score (nSPS) is 15.9. The first-order chi connectivity index (χ1) is 14.1. The number of hydrogen-bond acceptors (Lipinski definition) is 6. The van der Waals surface area contributed by atoms with Gasteiger partial charge >= 0.3 is 6.18 Å². The number of aliphatic hydroxyl groups is 1. The Bertz CT molecular complexity index is 1100. The number of nitrogens with zero attached hydrogens (tertiary/aromatic N) is 4. The molecule has 2 N–H and O–H groups in total. The lowest BCUT2D eigenvalue weighted by Crippen LogP contribution is -2.51. The summed E-state index contributed by atoms with van der Waals surface area (Å²) in [7, 11) is 0. The number of rotatable bonds is 4. The van der Waals surface area contributed by atoms with Crippen molar-refractivity contribution in [1.82, 2.24) is 15.2 Å². The zero-order valence-electron chi connectivity index (χ0n) is 16.8. The van der Waals surface area contributed by atoms with E-state index in [1.54, 1.807) is 19.2 Å². The molecule has 6 nitrogen and oxygen atoms in total. The Morgan fingerprint density at radius 1 is 1.17 bits per heavy atom. The Labute approximate surface area is 171 Å². The van der Waals surface area contributed by atoms with Gasteiger partial charge < -0.3 is 15.3 Å². The molecule has 1 atom stereocenters. The Kier molecular flexibility index (Phi) is 5.01. The molecule has 9 heteroatoms. The number of anilines is 2. The molecule has 0 amide bonds. The summed E-state index contributed by atoms with van der Waals surface area (Å²) in [6.07, 6.45) is -3.05. The van der Waals surface area contributed by atoms with E-state index >= 15 is 0 Å². The van der Waals surface area contributed by atoms with Gasteiger partial charge in [-0.3, -0.25) is 0 Å². The van der Waals surface area contributed by atoms with E-state index in [0.717, 1.165) is 16.8 Å². The van der Waals surface area contributed by atoms with Crippen LogP contribution < -0.4 is 10.2 Å². The number of halogens is 3. The lowest BCUT2D eigenvalue weighted by Gasteiger charge is -2.36. The SMILES string of the molecule is Cc1c([C@@H](C)Nc2nnc(C)c3cnc(N4CC(O)C4)cc23)cccc1C(F)(F)F. The van der Waals surface area contributed by atoms with Crippen molar-refractivity contribution in [2.24, 2.45) is 0 Å². The van der Waals surface area contributed by atoms with Gasteiger partial charge in [0.15, 0.2) is 5.82 Å². The summed E-state index contributed by atoms with van der Waals surface area (Å²) in [6, 6.07) is 5.64. The van der Waals surface area contributed by atoms with E-state index in [1.165, 1.54) is 13.0 Å². The second-order valence-corrected chi connectivity index (χ2v) is 7.66. The van der Waals surface area contributed by atoms with Gasteiger partial charge in [-0.25, -0.2) is 4.98 Å². The Balaban J connectivity index is 1.70. The second kappa shape index (κ2) is 7.39. The summed E-state index contributed by atoms with van der Waals surface area (Å²) < 4.78 is 39.9. The molecule has 3 aromatic rings. The number of hydrogen-bond donors (Lipinski definition) is 2. The average Bonchev–Trinajstić information content (AvgIpc) is 2.66. The molecule has 0 radical (unpaired) electrons. The number of benzene rings is 1. The Hall–Kier alpha value is -2.94. The van der Waals surface area contributed by atoms with Gasteiger partial charge in [0.05, 0.1) is 23.4 Å².